The van der Waals surface area contributed by atoms with Gasteiger partial charge in [-0.1, -0.05) is 43.5 Å². The lowest BCUT2D eigenvalue weighted by Gasteiger charge is -2.22. The number of rotatable bonds is 3. The van der Waals surface area contributed by atoms with Crippen molar-refractivity contribution in [3.05, 3.63) is 27.7 Å². The highest BCUT2D eigenvalue weighted by molar-refractivity contribution is 9.10. The van der Waals surface area contributed by atoms with Crippen molar-refractivity contribution in [3.63, 3.8) is 0 Å². The molecule has 4 nitrogen and oxygen atoms in total. The van der Waals surface area contributed by atoms with Crippen LogP contribution in [0.4, 0.5) is 10.5 Å². The van der Waals surface area contributed by atoms with Crippen molar-refractivity contribution in [1.82, 2.24) is 5.43 Å². The number of anilines is 1. The van der Waals surface area contributed by atoms with Crippen LogP contribution in [0.3, 0.4) is 0 Å². The molecular formula is C8H7Br2ClN2O2. The van der Waals surface area contributed by atoms with Gasteiger partial charge in [0.1, 0.15) is 0 Å². The van der Waals surface area contributed by atoms with Gasteiger partial charge in [0.15, 0.2) is 0 Å². The van der Waals surface area contributed by atoms with Gasteiger partial charge in [-0.2, -0.15) is 0 Å². The Morgan fingerprint density at radius 3 is 2.73 bits per heavy atom. The summed E-state index contributed by atoms with van der Waals surface area (Å²) in [5, 5.41) is 10.4. The number of alkyl halides is 1. The summed E-state index contributed by atoms with van der Waals surface area (Å²) >= 11 is 12.4. The van der Waals surface area contributed by atoms with Crippen LogP contribution in [0.25, 0.3) is 0 Å². The van der Waals surface area contributed by atoms with Crippen molar-refractivity contribution in [2.45, 2.75) is 0 Å². The van der Waals surface area contributed by atoms with Gasteiger partial charge in [0.2, 0.25) is 0 Å². The molecule has 0 radical (unpaired) electrons. The summed E-state index contributed by atoms with van der Waals surface area (Å²) in [7, 11) is 0. The molecular weight excluding hydrogens is 351 g/mol. The van der Waals surface area contributed by atoms with Crippen molar-refractivity contribution in [2.24, 2.45) is 0 Å². The number of nitrogens with zero attached hydrogens (tertiary/aromatic N) is 1. The van der Waals surface area contributed by atoms with Crippen LogP contribution in [0.2, 0.25) is 5.02 Å². The normalized spacial score (nSPS) is 9.80. The molecule has 0 aromatic heterocycles. The summed E-state index contributed by atoms with van der Waals surface area (Å²) in [6.07, 6.45) is -1.14. The summed E-state index contributed by atoms with van der Waals surface area (Å²) in [6.45, 7) is 0. The van der Waals surface area contributed by atoms with Gasteiger partial charge < -0.3 is 5.11 Å². The highest BCUT2D eigenvalue weighted by Gasteiger charge is 2.11. The van der Waals surface area contributed by atoms with Gasteiger partial charge >= 0.3 is 6.09 Å². The molecule has 7 heteroatoms. The molecule has 0 saturated heterocycles. The minimum absolute atomic E-state index is 0.306. The van der Waals surface area contributed by atoms with E-state index in [1.54, 1.807) is 18.2 Å². The standard InChI is InChI=1S/C8H7Br2ClN2O2/c9-4-13(12-8(14)15)7-2-1-5(10)3-6(7)11/h1-3,12H,4H2,(H,14,15). The number of halogens is 3. The third-order valence-corrected chi connectivity index (χ3v) is 2.85. The van der Waals surface area contributed by atoms with Gasteiger partial charge in [0, 0.05) is 4.47 Å². The molecule has 0 unspecified atom stereocenters. The molecule has 15 heavy (non-hydrogen) atoms. The quantitative estimate of drug-likeness (QED) is 0.494. The molecule has 1 rings (SSSR count). The largest absolute Gasteiger partial charge is 0.464 e. The molecule has 82 valence electrons. The van der Waals surface area contributed by atoms with E-state index in [1.807, 2.05) is 0 Å². The maximum Gasteiger partial charge on any atom is 0.423 e. The van der Waals surface area contributed by atoms with Crippen molar-refractivity contribution >= 4 is 55.2 Å². The molecule has 0 saturated carbocycles. The fourth-order valence-electron chi connectivity index (χ4n) is 0.970. The molecule has 1 aromatic carbocycles. The molecule has 1 amide bonds. The Kier molecular flexibility index (Phi) is 4.69. The first-order valence-electron chi connectivity index (χ1n) is 3.82. The van der Waals surface area contributed by atoms with Crippen LogP contribution >= 0.6 is 43.5 Å². The first-order chi connectivity index (χ1) is 7.04. The number of nitrogens with one attached hydrogen (secondary N) is 1. The molecule has 0 spiro atoms. The minimum atomic E-state index is -1.14. The zero-order valence-electron chi connectivity index (χ0n) is 7.38. The molecule has 1 aromatic rings. The van der Waals surface area contributed by atoms with E-state index >= 15 is 0 Å². The number of hydrogen-bond donors (Lipinski definition) is 2. The molecule has 0 aliphatic carbocycles. The molecule has 0 aliphatic heterocycles. The van der Waals surface area contributed by atoms with Crippen LogP contribution in [0.15, 0.2) is 22.7 Å². The number of hydrogen-bond acceptors (Lipinski definition) is 2. The first kappa shape index (κ1) is 12.6. The van der Waals surface area contributed by atoms with Gasteiger partial charge in [-0.3, -0.25) is 5.01 Å². The van der Waals surface area contributed by atoms with Crippen LogP contribution in [-0.2, 0) is 0 Å². The fraction of sp³-hybridized carbons (Fsp3) is 0.125. The highest BCUT2D eigenvalue weighted by atomic mass is 79.9. The Balaban J connectivity index is 2.96. The van der Waals surface area contributed by atoms with Gasteiger partial charge in [-0.15, -0.1) is 0 Å². The second kappa shape index (κ2) is 5.58. The Bertz CT molecular complexity index is 376. The minimum Gasteiger partial charge on any atom is -0.464 e. The van der Waals surface area contributed by atoms with Crippen molar-refractivity contribution < 1.29 is 9.90 Å². The molecule has 0 fully saturated rings. The number of amides is 1. The first-order valence-corrected chi connectivity index (χ1v) is 6.12. The van der Waals surface area contributed by atoms with Crippen LogP contribution in [-0.4, -0.2) is 16.7 Å². The topological polar surface area (TPSA) is 52.6 Å². The summed E-state index contributed by atoms with van der Waals surface area (Å²) in [6, 6.07) is 5.18. The van der Waals surface area contributed by atoms with E-state index in [9.17, 15) is 4.79 Å². The van der Waals surface area contributed by atoms with Crippen molar-refractivity contribution in [3.8, 4) is 0 Å². The zero-order valence-corrected chi connectivity index (χ0v) is 11.3. The van der Waals surface area contributed by atoms with Crippen LogP contribution < -0.4 is 10.4 Å². The van der Waals surface area contributed by atoms with Crippen molar-refractivity contribution in [2.75, 3.05) is 10.5 Å². The van der Waals surface area contributed by atoms with Crippen LogP contribution in [0.1, 0.15) is 0 Å². The van der Waals surface area contributed by atoms with Gasteiger partial charge in [-0.25, -0.2) is 10.2 Å². The maximum atomic E-state index is 10.5. The van der Waals surface area contributed by atoms with Gasteiger partial charge in [-0.05, 0) is 18.2 Å². The zero-order chi connectivity index (χ0) is 11.4. The lowest BCUT2D eigenvalue weighted by atomic mass is 10.3. The SMILES string of the molecule is O=C(O)NN(CBr)c1ccc(Br)cc1Cl. The smallest absolute Gasteiger partial charge is 0.423 e. The number of hydrazine groups is 1. The molecule has 2 N–H and O–H groups in total. The third-order valence-electron chi connectivity index (χ3n) is 1.55. The third kappa shape index (κ3) is 3.55. The highest BCUT2D eigenvalue weighted by Crippen LogP contribution is 2.28. The summed E-state index contributed by atoms with van der Waals surface area (Å²) in [5.74, 6) is 0. The number of carboxylic acid groups (broad SMARTS) is 1. The molecule has 0 heterocycles. The van der Waals surface area contributed by atoms with E-state index in [1.165, 1.54) is 5.01 Å². The van der Waals surface area contributed by atoms with Crippen molar-refractivity contribution in [1.29, 1.82) is 0 Å². The van der Waals surface area contributed by atoms with E-state index in [4.69, 9.17) is 16.7 Å². The second-order valence-corrected chi connectivity index (χ2v) is 4.38. The van der Waals surface area contributed by atoms with E-state index < -0.39 is 6.09 Å². The molecule has 0 aliphatic rings. The lowest BCUT2D eigenvalue weighted by molar-refractivity contribution is 0.194. The molecule has 0 bridgehead atoms. The summed E-state index contributed by atoms with van der Waals surface area (Å²) in [4.78, 5) is 10.5. The Morgan fingerprint density at radius 1 is 1.60 bits per heavy atom. The Morgan fingerprint density at radius 2 is 2.27 bits per heavy atom. The maximum absolute atomic E-state index is 10.5. The van der Waals surface area contributed by atoms with Crippen LogP contribution in [0, 0.1) is 0 Å². The second-order valence-electron chi connectivity index (χ2n) is 2.56. The van der Waals surface area contributed by atoms with Gasteiger partial charge in [0.05, 0.1) is 16.2 Å². The fourth-order valence-corrected chi connectivity index (χ4v) is 2.14. The Hall–Kier alpha value is -0.460. The summed E-state index contributed by atoms with van der Waals surface area (Å²) < 4.78 is 0.834. The monoisotopic (exact) mass is 356 g/mol. The number of carbonyl (C=O) groups is 1. The summed E-state index contributed by atoms with van der Waals surface area (Å²) in [5.41, 5.74) is 3.10. The predicted molar refractivity (Wildman–Crippen MR) is 66.6 cm³/mol. The van der Waals surface area contributed by atoms with E-state index in [2.05, 4.69) is 37.3 Å². The van der Waals surface area contributed by atoms with E-state index in [-0.39, 0.29) is 0 Å². The van der Waals surface area contributed by atoms with E-state index in [0.717, 1.165) is 4.47 Å². The van der Waals surface area contributed by atoms with E-state index in [0.29, 0.717) is 16.2 Å². The average Bonchev–Trinajstić information content (AvgIpc) is 2.14. The van der Waals surface area contributed by atoms with Gasteiger partial charge in [0.25, 0.3) is 0 Å². The predicted octanol–water partition coefficient (Wildman–Crippen LogP) is 3.44. The Labute approximate surface area is 108 Å². The number of benzene rings is 1. The lowest BCUT2D eigenvalue weighted by Crippen LogP contribution is -2.40. The average molecular weight is 358 g/mol. The molecule has 0 atom stereocenters. The van der Waals surface area contributed by atoms with Crippen LogP contribution in [0.5, 0.6) is 0 Å².